The Kier molecular flexibility index (Phi) is 59.6. The van der Waals surface area contributed by atoms with E-state index in [1.165, 1.54) is 257 Å². The van der Waals surface area contributed by atoms with Crippen molar-refractivity contribution in [2.45, 2.75) is 367 Å². The van der Waals surface area contributed by atoms with Gasteiger partial charge in [0.05, 0.1) is 0 Å². The Bertz CT molecular complexity index is 1160. The molecule has 0 aromatic rings. The summed E-state index contributed by atoms with van der Waals surface area (Å²) in [6, 6.07) is 0. The highest BCUT2D eigenvalue weighted by molar-refractivity contribution is 5.71. The molecule has 0 spiro atoms. The lowest BCUT2D eigenvalue weighted by Crippen LogP contribution is -2.30. The van der Waals surface area contributed by atoms with Crippen LogP contribution in [0.4, 0.5) is 0 Å². The highest BCUT2D eigenvalue weighted by Gasteiger charge is 2.19. The Morgan fingerprint density at radius 3 is 0.792 bits per heavy atom. The third kappa shape index (κ3) is 58.8. The van der Waals surface area contributed by atoms with Crippen LogP contribution in [-0.2, 0) is 28.6 Å². The van der Waals surface area contributed by atoms with E-state index in [2.05, 4.69) is 45.1 Å². The number of esters is 3. The zero-order chi connectivity index (χ0) is 52.2. The molecule has 0 saturated heterocycles. The SMILES string of the molecule is CCCCC/C=C\C/C=C\CCCCCCCCCCCC(=O)OC(COC(=O)CCCCCCCC)COC(=O)CCCCCCCCCCCCCCCCCCCCCCCCCCCCCCC. The molecule has 0 saturated carbocycles. The van der Waals surface area contributed by atoms with Crippen LogP contribution in [0.25, 0.3) is 0 Å². The molecule has 0 aromatic carbocycles. The first-order chi connectivity index (χ1) is 35.5. The molecule has 0 aliphatic carbocycles. The van der Waals surface area contributed by atoms with E-state index in [9.17, 15) is 14.4 Å². The van der Waals surface area contributed by atoms with Crippen LogP contribution in [0, 0.1) is 0 Å². The third-order valence-corrected chi connectivity index (χ3v) is 14.7. The van der Waals surface area contributed by atoms with Crippen LogP contribution in [0.5, 0.6) is 0 Å². The van der Waals surface area contributed by atoms with Crippen molar-refractivity contribution in [1.29, 1.82) is 0 Å². The second-order valence-corrected chi connectivity index (χ2v) is 22.0. The highest BCUT2D eigenvalue weighted by atomic mass is 16.6. The van der Waals surface area contributed by atoms with E-state index < -0.39 is 6.10 Å². The normalized spacial score (nSPS) is 12.1. The molecule has 0 heterocycles. The third-order valence-electron chi connectivity index (χ3n) is 14.7. The van der Waals surface area contributed by atoms with Crippen LogP contribution < -0.4 is 0 Å². The van der Waals surface area contributed by atoms with Gasteiger partial charge in [0.25, 0.3) is 0 Å². The van der Waals surface area contributed by atoms with Gasteiger partial charge < -0.3 is 14.2 Å². The Balaban J connectivity index is 3.98. The Labute approximate surface area is 449 Å². The van der Waals surface area contributed by atoms with E-state index in [0.717, 1.165) is 64.2 Å². The minimum Gasteiger partial charge on any atom is -0.462 e. The van der Waals surface area contributed by atoms with Crippen molar-refractivity contribution in [2.24, 2.45) is 0 Å². The summed E-state index contributed by atoms with van der Waals surface area (Å²) in [6.45, 7) is 6.61. The molecule has 0 N–H and O–H groups in total. The predicted octanol–water partition coefficient (Wildman–Crippen LogP) is 21.8. The van der Waals surface area contributed by atoms with Gasteiger partial charge in [-0.05, 0) is 51.4 Å². The van der Waals surface area contributed by atoms with Gasteiger partial charge in [0.1, 0.15) is 13.2 Å². The molecule has 0 bridgehead atoms. The second kappa shape index (κ2) is 61.4. The van der Waals surface area contributed by atoms with Crippen molar-refractivity contribution in [2.75, 3.05) is 13.2 Å². The lowest BCUT2D eigenvalue weighted by Gasteiger charge is -2.18. The molecule has 6 nitrogen and oxygen atoms in total. The van der Waals surface area contributed by atoms with Gasteiger partial charge in [-0.2, -0.15) is 0 Å². The molecule has 0 aliphatic heterocycles. The molecular weight excluding hydrogens is 889 g/mol. The van der Waals surface area contributed by atoms with Crippen molar-refractivity contribution >= 4 is 17.9 Å². The van der Waals surface area contributed by atoms with Crippen LogP contribution >= 0.6 is 0 Å². The van der Waals surface area contributed by atoms with Gasteiger partial charge in [-0.3, -0.25) is 14.4 Å². The summed E-state index contributed by atoms with van der Waals surface area (Å²) in [5.41, 5.74) is 0. The summed E-state index contributed by atoms with van der Waals surface area (Å²) >= 11 is 0. The number of carbonyl (C=O) groups excluding carboxylic acids is 3. The number of hydrogen-bond donors (Lipinski definition) is 0. The van der Waals surface area contributed by atoms with E-state index in [-0.39, 0.29) is 31.1 Å². The fourth-order valence-corrected chi connectivity index (χ4v) is 9.83. The summed E-state index contributed by atoms with van der Waals surface area (Å²) in [6.07, 6.45) is 73.8. The maximum Gasteiger partial charge on any atom is 0.306 e. The summed E-state index contributed by atoms with van der Waals surface area (Å²) in [7, 11) is 0. The molecule has 424 valence electrons. The minimum absolute atomic E-state index is 0.0682. The smallest absolute Gasteiger partial charge is 0.306 e. The van der Waals surface area contributed by atoms with Crippen LogP contribution in [0.2, 0.25) is 0 Å². The van der Waals surface area contributed by atoms with Crippen LogP contribution in [0.15, 0.2) is 24.3 Å². The number of allylic oxidation sites excluding steroid dienone is 4. The number of ether oxygens (including phenoxy) is 3. The molecule has 6 heteroatoms. The largest absolute Gasteiger partial charge is 0.462 e. The average molecular weight is 1010 g/mol. The first kappa shape index (κ1) is 69.9. The summed E-state index contributed by atoms with van der Waals surface area (Å²) in [4.78, 5) is 38.0. The predicted molar refractivity (Wildman–Crippen MR) is 312 cm³/mol. The number of hydrogen-bond acceptors (Lipinski definition) is 6. The molecule has 72 heavy (non-hydrogen) atoms. The molecule has 0 radical (unpaired) electrons. The Hall–Kier alpha value is -2.11. The fraction of sp³-hybridized carbons (Fsp3) is 0.894. The monoisotopic (exact) mass is 1010 g/mol. The van der Waals surface area contributed by atoms with E-state index in [1.807, 2.05) is 0 Å². The topological polar surface area (TPSA) is 78.9 Å². The zero-order valence-corrected chi connectivity index (χ0v) is 48.7. The van der Waals surface area contributed by atoms with Crippen molar-refractivity contribution in [1.82, 2.24) is 0 Å². The summed E-state index contributed by atoms with van der Waals surface area (Å²) in [5, 5.41) is 0. The number of rotatable bonds is 60. The zero-order valence-electron chi connectivity index (χ0n) is 48.7. The lowest BCUT2D eigenvalue weighted by atomic mass is 10.0. The van der Waals surface area contributed by atoms with Crippen LogP contribution in [-0.4, -0.2) is 37.2 Å². The Morgan fingerprint density at radius 2 is 0.500 bits per heavy atom. The first-order valence-corrected chi connectivity index (χ1v) is 32.3. The van der Waals surface area contributed by atoms with Crippen molar-refractivity contribution < 1.29 is 28.6 Å². The first-order valence-electron chi connectivity index (χ1n) is 32.3. The van der Waals surface area contributed by atoms with Gasteiger partial charge in [0, 0.05) is 19.3 Å². The quantitative estimate of drug-likeness (QED) is 0.0261. The number of carbonyl (C=O) groups is 3. The van der Waals surface area contributed by atoms with Crippen LogP contribution in [0.3, 0.4) is 0 Å². The molecule has 0 rings (SSSR count). The highest BCUT2D eigenvalue weighted by Crippen LogP contribution is 2.18. The van der Waals surface area contributed by atoms with Crippen molar-refractivity contribution in [3.8, 4) is 0 Å². The fourth-order valence-electron chi connectivity index (χ4n) is 9.83. The molecule has 1 unspecified atom stereocenters. The van der Waals surface area contributed by atoms with E-state index in [4.69, 9.17) is 14.2 Å². The van der Waals surface area contributed by atoms with Crippen LogP contribution in [0.1, 0.15) is 361 Å². The molecular formula is C66H124O6. The summed E-state index contributed by atoms with van der Waals surface area (Å²) < 4.78 is 16.8. The van der Waals surface area contributed by atoms with Crippen molar-refractivity contribution in [3.63, 3.8) is 0 Å². The Morgan fingerprint density at radius 1 is 0.278 bits per heavy atom. The molecule has 0 fully saturated rings. The van der Waals surface area contributed by atoms with Gasteiger partial charge in [-0.25, -0.2) is 0 Å². The summed E-state index contributed by atoms with van der Waals surface area (Å²) in [5.74, 6) is -0.860. The van der Waals surface area contributed by atoms with E-state index >= 15 is 0 Å². The standard InChI is InChI=1S/C66H124O6/c1-4-7-10-13-16-18-20-22-24-26-28-29-30-31-32-33-34-35-36-37-39-40-42-44-46-48-50-53-56-59-65(68)71-62-63(61-70-64(67)58-55-52-15-12-9-6-3)72-66(69)60-57-54-51-49-47-45-43-41-38-27-25-23-21-19-17-14-11-8-5-2/h17,19,23,25,63H,4-16,18,20-22,24,26-62H2,1-3H3/b19-17-,25-23-. The average Bonchev–Trinajstić information content (AvgIpc) is 3.38. The van der Waals surface area contributed by atoms with Gasteiger partial charge in [-0.15, -0.1) is 0 Å². The molecule has 1 atom stereocenters. The second-order valence-electron chi connectivity index (χ2n) is 22.0. The minimum atomic E-state index is -0.767. The molecule has 0 amide bonds. The van der Waals surface area contributed by atoms with Gasteiger partial charge in [0.2, 0.25) is 0 Å². The van der Waals surface area contributed by atoms with Gasteiger partial charge in [0.15, 0.2) is 6.10 Å². The van der Waals surface area contributed by atoms with E-state index in [0.29, 0.717) is 19.3 Å². The number of unbranched alkanes of at least 4 members (excludes halogenated alkanes) is 45. The maximum atomic E-state index is 12.8. The lowest BCUT2D eigenvalue weighted by molar-refractivity contribution is -0.167. The van der Waals surface area contributed by atoms with Gasteiger partial charge in [-0.1, -0.05) is 315 Å². The van der Waals surface area contributed by atoms with Gasteiger partial charge >= 0.3 is 17.9 Å². The van der Waals surface area contributed by atoms with Crippen molar-refractivity contribution in [3.05, 3.63) is 24.3 Å². The molecule has 0 aromatic heterocycles. The maximum absolute atomic E-state index is 12.8. The molecule has 0 aliphatic rings. The van der Waals surface area contributed by atoms with E-state index in [1.54, 1.807) is 0 Å².